The van der Waals surface area contributed by atoms with E-state index in [1.165, 1.54) is 6.42 Å². The average Bonchev–Trinajstić information content (AvgIpc) is 3.51. The minimum Gasteiger partial charge on any atom is -0.465 e. The van der Waals surface area contributed by atoms with Gasteiger partial charge in [0.25, 0.3) is 0 Å². The van der Waals surface area contributed by atoms with E-state index >= 15 is 0 Å². The maximum atomic E-state index is 14.5. The van der Waals surface area contributed by atoms with Crippen molar-refractivity contribution in [3.8, 4) is 0 Å². The molecule has 4 aliphatic rings. The third-order valence-electron chi connectivity index (χ3n) is 8.77. The number of esters is 1. The quantitative estimate of drug-likeness (QED) is 0.142. The van der Waals surface area contributed by atoms with Gasteiger partial charge in [-0.05, 0) is 51.4 Å². The molecule has 6 atom stereocenters. The highest BCUT2D eigenvalue weighted by Crippen LogP contribution is 2.60. The lowest BCUT2D eigenvalue weighted by atomic mass is 9.70. The summed E-state index contributed by atoms with van der Waals surface area (Å²) in [6.07, 6.45) is 12.2. The van der Waals surface area contributed by atoms with Crippen LogP contribution in [0.25, 0.3) is 0 Å². The summed E-state index contributed by atoms with van der Waals surface area (Å²) >= 11 is 3.72. The van der Waals surface area contributed by atoms with Gasteiger partial charge < -0.3 is 24.4 Å². The molecule has 0 radical (unpaired) electrons. The summed E-state index contributed by atoms with van der Waals surface area (Å²) in [4.78, 5) is 45.3. The van der Waals surface area contributed by atoms with E-state index in [1.807, 2.05) is 4.90 Å². The van der Waals surface area contributed by atoms with Gasteiger partial charge in [-0.3, -0.25) is 14.4 Å². The van der Waals surface area contributed by atoms with E-state index in [-0.39, 0.29) is 35.9 Å². The third kappa shape index (κ3) is 5.48. The fourth-order valence-corrected chi connectivity index (χ4v) is 8.04. The Morgan fingerprint density at radius 2 is 1.92 bits per heavy atom. The molecular weight excluding hydrogens is 552 g/mol. The molecule has 2 bridgehead atoms. The molecule has 0 aromatic heterocycles. The number of fused-ring (bicyclic) bond motifs is 1. The van der Waals surface area contributed by atoms with Crippen molar-refractivity contribution in [2.45, 2.75) is 99.2 Å². The van der Waals surface area contributed by atoms with Crippen LogP contribution in [-0.2, 0) is 23.9 Å². The molecule has 1 saturated carbocycles. The molecule has 3 aliphatic heterocycles. The van der Waals surface area contributed by atoms with Crippen molar-refractivity contribution in [2.75, 3.05) is 26.3 Å². The molecule has 0 aromatic rings. The zero-order valence-corrected chi connectivity index (χ0v) is 24.0. The number of nitrogens with zero attached hydrogens (tertiary/aromatic N) is 2. The third-order valence-corrected chi connectivity index (χ3v) is 9.62. The van der Waals surface area contributed by atoms with Gasteiger partial charge in [0.2, 0.25) is 11.8 Å². The second-order valence-corrected chi connectivity index (χ2v) is 12.3. The molecule has 1 spiro atoms. The van der Waals surface area contributed by atoms with Crippen LogP contribution in [0.3, 0.4) is 0 Å². The maximum absolute atomic E-state index is 14.5. The molecule has 38 heavy (non-hydrogen) atoms. The normalized spacial score (nSPS) is 32.3. The highest BCUT2D eigenvalue weighted by atomic mass is 79.9. The van der Waals surface area contributed by atoms with Crippen molar-refractivity contribution in [3.05, 3.63) is 25.3 Å². The molecule has 4 fully saturated rings. The number of alkyl halides is 1. The molecule has 8 nitrogen and oxygen atoms in total. The average molecular weight is 596 g/mol. The Hall–Kier alpha value is -1.71. The molecule has 3 saturated heterocycles. The Kier molecular flexibility index (Phi) is 10.1. The zero-order valence-electron chi connectivity index (χ0n) is 22.4. The second kappa shape index (κ2) is 13.1. The zero-order chi connectivity index (χ0) is 27.3. The number of allylic oxidation sites excluding steroid dienone is 1. The summed E-state index contributed by atoms with van der Waals surface area (Å²) in [5.74, 6) is -2.20. The van der Waals surface area contributed by atoms with Crippen molar-refractivity contribution in [1.82, 2.24) is 9.80 Å². The van der Waals surface area contributed by atoms with E-state index in [0.29, 0.717) is 38.8 Å². The monoisotopic (exact) mass is 594 g/mol. The van der Waals surface area contributed by atoms with Crippen LogP contribution in [0.4, 0.5) is 0 Å². The minimum absolute atomic E-state index is 0.0908. The predicted octanol–water partition coefficient (Wildman–Crippen LogP) is 3.75. The lowest BCUT2D eigenvalue weighted by Gasteiger charge is -2.41. The molecule has 3 unspecified atom stereocenters. The van der Waals surface area contributed by atoms with Crippen LogP contribution in [0.5, 0.6) is 0 Å². The molecule has 212 valence electrons. The molecular formula is C29H43BrN2O6. The topological polar surface area (TPSA) is 96.4 Å². The van der Waals surface area contributed by atoms with Crippen molar-refractivity contribution >= 4 is 33.7 Å². The number of likely N-dealkylation sites (tertiary alicyclic amines) is 1. The number of hydrogen-bond acceptors (Lipinski definition) is 6. The number of aliphatic hydroxyl groups is 1. The standard InChI is InChI=1S/C29H43BrN2O6/c1-3-5-12-18-37-28(36)22-23-26(34)32(16-10-7-11-17-33)25(29(23)19-21(30)24(22)38-29)27(35)31(15-4-2)20-13-8-6-9-14-20/h3-4,20-25,33H,1-2,5-19H2/t21?,22-,23-,24-,25?,29?/m0/s1. The Morgan fingerprint density at radius 1 is 1.16 bits per heavy atom. The van der Waals surface area contributed by atoms with Gasteiger partial charge in [-0.2, -0.15) is 0 Å². The number of halogens is 1. The van der Waals surface area contributed by atoms with Crippen molar-refractivity contribution in [3.63, 3.8) is 0 Å². The first-order valence-electron chi connectivity index (χ1n) is 14.3. The number of hydrogen-bond donors (Lipinski definition) is 1. The van der Waals surface area contributed by atoms with Gasteiger partial charge in [-0.15, -0.1) is 13.2 Å². The summed E-state index contributed by atoms with van der Waals surface area (Å²) in [6.45, 7) is 8.77. The first-order valence-corrected chi connectivity index (χ1v) is 15.2. The molecule has 2 amide bonds. The van der Waals surface area contributed by atoms with Crippen molar-refractivity contribution in [1.29, 1.82) is 0 Å². The fraction of sp³-hybridized carbons (Fsp3) is 0.759. The summed E-state index contributed by atoms with van der Waals surface area (Å²) in [5.41, 5.74) is -1.07. The predicted molar refractivity (Wildman–Crippen MR) is 148 cm³/mol. The van der Waals surface area contributed by atoms with Crippen LogP contribution in [0.15, 0.2) is 25.3 Å². The first kappa shape index (κ1) is 29.3. The van der Waals surface area contributed by atoms with Crippen LogP contribution >= 0.6 is 15.9 Å². The van der Waals surface area contributed by atoms with Crippen molar-refractivity contribution in [2.24, 2.45) is 11.8 Å². The van der Waals surface area contributed by atoms with Gasteiger partial charge in [0.05, 0.1) is 24.5 Å². The number of ether oxygens (including phenoxy) is 2. The van der Waals surface area contributed by atoms with Crippen LogP contribution in [0.2, 0.25) is 0 Å². The minimum atomic E-state index is -1.07. The molecule has 1 N–H and O–H groups in total. The van der Waals surface area contributed by atoms with Gasteiger partial charge >= 0.3 is 5.97 Å². The number of unbranched alkanes of at least 4 members (excludes halogenated alkanes) is 3. The fourth-order valence-electron chi connectivity index (χ4n) is 7.09. The second-order valence-electron chi connectivity index (χ2n) is 11.1. The summed E-state index contributed by atoms with van der Waals surface area (Å²) in [5, 5.41) is 9.24. The molecule has 1 aliphatic carbocycles. The van der Waals surface area contributed by atoms with Crippen molar-refractivity contribution < 1.29 is 29.0 Å². The largest absolute Gasteiger partial charge is 0.465 e. The molecule has 3 heterocycles. The highest BCUT2D eigenvalue weighted by Gasteiger charge is 2.77. The number of rotatable bonds is 14. The Bertz CT molecular complexity index is 892. The summed E-state index contributed by atoms with van der Waals surface area (Å²) in [6, 6.07) is -0.681. The lowest BCUT2D eigenvalue weighted by Crippen LogP contribution is -2.58. The van der Waals surface area contributed by atoms with E-state index in [0.717, 1.165) is 38.5 Å². The Labute approximate surface area is 234 Å². The van der Waals surface area contributed by atoms with Gasteiger partial charge in [-0.1, -0.05) is 47.3 Å². The van der Waals surface area contributed by atoms with Crippen LogP contribution in [0, 0.1) is 11.8 Å². The molecule has 0 aromatic carbocycles. The smallest absolute Gasteiger partial charge is 0.312 e. The van der Waals surface area contributed by atoms with E-state index in [2.05, 4.69) is 29.1 Å². The summed E-state index contributed by atoms with van der Waals surface area (Å²) in [7, 11) is 0. The molecule has 9 heteroatoms. The number of aliphatic hydroxyl groups excluding tert-OH is 1. The lowest BCUT2D eigenvalue weighted by molar-refractivity contribution is -0.155. The van der Waals surface area contributed by atoms with Crippen LogP contribution in [0.1, 0.15) is 70.6 Å². The summed E-state index contributed by atoms with van der Waals surface area (Å²) < 4.78 is 12.2. The Morgan fingerprint density at radius 3 is 2.61 bits per heavy atom. The van der Waals surface area contributed by atoms with E-state index in [9.17, 15) is 19.5 Å². The number of carbonyl (C=O) groups excluding carboxylic acids is 3. The number of amides is 2. The van der Waals surface area contributed by atoms with Gasteiger partial charge in [0, 0.05) is 30.6 Å². The van der Waals surface area contributed by atoms with Crippen LogP contribution in [-0.4, -0.2) is 87.6 Å². The van der Waals surface area contributed by atoms with E-state index in [4.69, 9.17) is 9.47 Å². The van der Waals surface area contributed by atoms with Gasteiger partial charge in [-0.25, -0.2) is 0 Å². The number of carbonyl (C=O) groups is 3. The highest BCUT2D eigenvalue weighted by molar-refractivity contribution is 9.09. The van der Waals surface area contributed by atoms with Gasteiger partial charge in [0.1, 0.15) is 11.6 Å². The maximum Gasteiger partial charge on any atom is 0.312 e. The first-order chi connectivity index (χ1) is 18.4. The SMILES string of the molecule is C=CCCCOC(=O)[C@H]1[C@H]2C(=O)N(CCCCCO)C(C(=O)N(CC=C)C3CCCCC3)C23CC(Br)[C@@H]1O3. The Balaban J connectivity index is 1.65. The van der Waals surface area contributed by atoms with E-state index in [1.54, 1.807) is 17.1 Å². The van der Waals surface area contributed by atoms with E-state index < -0.39 is 35.6 Å². The molecule has 4 rings (SSSR count). The van der Waals surface area contributed by atoms with Crippen LogP contribution < -0.4 is 0 Å². The van der Waals surface area contributed by atoms with Gasteiger partial charge in [0.15, 0.2) is 0 Å².